The van der Waals surface area contributed by atoms with Crippen LogP contribution in [-0.2, 0) is 23.0 Å². The second-order valence-corrected chi connectivity index (χ2v) is 7.84. The number of rotatable bonds is 1. The SMILES string of the molecule is CO[Si](C)C.C[Si](C)C.[V]. The summed E-state index contributed by atoms with van der Waals surface area (Å²) >= 11 is 0. The van der Waals surface area contributed by atoms with Crippen LogP contribution in [0.15, 0.2) is 0 Å². The average Bonchev–Trinajstić information content (AvgIpc) is 1.65. The van der Waals surface area contributed by atoms with E-state index in [9.17, 15) is 0 Å². The fraction of sp³-hybridized carbons (Fsp3) is 1.00. The summed E-state index contributed by atoms with van der Waals surface area (Å²) in [7, 11) is 1.49. The topological polar surface area (TPSA) is 9.23 Å². The molecular formula is C6H18OSi2V. The van der Waals surface area contributed by atoms with Crippen LogP contribution >= 0.6 is 0 Å². The molecule has 0 amide bonds. The van der Waals surface area contributed by atoms with E-state index >= 15 is 0 Å². The molecule has 0 aromatic heterocycles. The van der Waals surface area contributed by atoms with Gasteiger partial charge in [0.25, 0.3) is 0 Å². The first-order chi connectivity index (χ1) is 4.00. The molecule has 0 spiro atoms. The minimum atomic E-state index is -0.374. The van der Waals surface area contributed by atoms with Crippen molar-refractivity contribution in [3.8, 4) is 0 Å². The molecule has 61 valence electrons. The van der Waals surface area contributed by atoms with Crippen LogP contribution < -0.4 is 0 Å². The van der Waals surface area contributed by atoms with Gasteiger partial charge in [0.1, 0.15) is 0 Å². The van der Waals surface area contributed by atoms with Crippen LogP contribution in [-0.4, -0.2) is 24.9 Å². The number of hydrogen-bond acceptors (Lipinski definition) is 1. The van der Waals surface area contributed by atoms with Crippen LogP contribution in [0.4, 0.5) is 0 Å². The quantitative estimate of drug-likeness (QED) is 0.607. The Labute approximate surface area is 80.8 Å². The molecular weight excluding hydrogens is 195 g/mol. The van der Waals surface area contributed by atoms with Gasteiger partial charge in [-0.15, -0.1) is 0 Å². The summed E-state index contributed by atoms with van der Waals surface area (Å²) in [5, 5.41) is 0. The monoisotopic (exact) mass is 213 g/mol. The van der Waals surface area contributed by atoms with Crippen molar-refractivity contribution in [2.45, 2.75) is 32.7 Å². The van der Waals surface area contributed by atoms with Crippen LogP contribution in [0, 0.1) is 0 Å². The third-order valence-electron chi connectivity index (χ3n) is 0.408. The van der Waals surface area contributed by atoms with Crippen LogP contribution in [0.3, 0.4) is 0 Å². The van der Waals surface area contributed by atoms with Crippen molar-refractivity contribution >= 4 is 17.8 Å². The predicted octanol–water partition coefficient (Wildman–Crippen LogP) is 2.25. The Morgan fingerprint density at radius 3 is 1.00 bits per heavy atom. The average molecular weight is 213 g/mol. The zero-order chi connectivity index (χ0) is 7.86. The van der Waals surface area contributed by atoms with Gasteiger partial charge in [-0.2, -0.15) is 0 Å². The Hall–Kier alpha value is 0.978. The maximum atomic E-state index is 4.85. The van der Waals surface area contributed by atoms with Crippen LogP contribution in [0.5, 0.6) is 0 Å². The third-order valence-corrected chi connectivity index (χ3v) is 1.22. The van der Waals surface area contributed by atoms with Crippen LogP contribution in [0.1, 0.15) is 0 Å². The molecule has 0 aliphatic rings. The van der Waals surface area contributed by atoms with Gasteiger partial charge in [-0.1, -0.05) is 19.6 Å². The van der Waals surface area contributed by atoms with Gasteiger partial charge in [-0.3, -0.25) is 0 Å². The molecule has 0 unspecified atom stereocenters. The van der Waals surface area contributed by atoms with Gasteiger partial charge in [-0.05, 0) is 13.1 Å². The van der Waals surface area contributed by atoms with Gasteiger partial charge in [0, 0.05) is 34.5 Å². The molecule has 0 aliphatic carbocycles. The minimum absolute atomic E-state index is 0. The van der Waals surface area contributed by atoms with Crippen molar-refractivity contribution in [1.82, 2.24) is 0 Å². The molecule has 0 saturated carbocycles. The molecule has 0 saturated heterocycles. The first-order valence-electron chi connectivity index (χ1n) is 3.11. The van der Waals surface area contributed by atoms with E-state index in [1.54, 1.807) is 7.11 Å². The molecule has 3 radical (unpaired) electrons. The Morgan fingerprint density at radius 2 is 1.00 bits per heavy atom. The van der Waals surface area contributed by atoms with E-state index in [2.05, 4.69) is 32.7 Å². The van der Waals surface area contributed by atoms with Gasteiger partial charge < -0.3 is 4.43 Å². The van der Waals surface area contributed by atoms with Crippen molar-refractivity contribution in [2.24, 2.45) is 0 Å². The van der Waals surface area contributed by atoms with E-state index in [1.165, 1.54) is 0 Å². The van der Waals surface area contributed by atoms with Crippen molar-refractivity contribution < 1.29 is 23.0 Å². The summed E-state index contributed by atoms with van der Waals surface area (Å²) in [5.41, 5.74) is 0. The molecule has 0 N–H and O–H groups in total. The largest absolute Gasteiger partial charge is 0.420 e. The number of hydrogen-bond donors (Lipinski definition) is 0. The first kappa shape index (κ1) is 17.2. The smallest absolute Gasteiger partial charge is 0.204 e. The molecule has 0 aliphatic heterocycles. The standard InChI is InChI=1S/C3H9OSi.C3H9Si.V/c1-4-5(2)3;1-4(2)3;/h1-3H3;1-3H3;. The van der Waals surface area contributed by atoms with E-state index in [4.69, 9.17) is 4.43 Å². The maximum absolute atomic E-state index is 4.85. The Kier molecular flexibility index (Phi) is 21.7. The van der Waals surface area contributed by atoms with Crippen molar-refractivity contribution in [3.63, 3.8) is 0 Å². The second kappa shape index (κ2) is 12.6. The predicted molar refractivity (Wildman–Crippen MR) is 47.8 cm³/mol. The summed E-state index contributed by atoms with van der Waals surface area (Å²) in [4.78, 5) is 0. The molecule has 4 heteroatoms. The molecule has 0 rings (SSSR count). The van der Waals surface area contributed by atoms with Gasteiger partial charge in [-0.25, -0.2) is 0 Å². The molecule has 1 nitrogen and oxygen atoms in total. The van der Waals surface area contributed by atoms with Crippen molar-refractivity contribution in [1.29, 1.82) is 0 Å². The maximum Gasteiger partial charge on any atom is 0.204 e. The van der Waals surface area contributed by atoms with Gasteiger partial charge in [0.05, 0.1) is 0 Å². The van der Waals surface area contributed by atoms with Gasteiger partial charge in [0.2, 0.25) is 9.04 Å². The normalized spacial score (nSPS) is 8.40. The molecule has 0 heterocycles. The zero-order valence-electron chi connectivity index (χ0n) is 7.86. The van der Waals surface area contributed by atoms with Crippen molar-refractivity contribution in [3.05, 3.63) is 0 Å². The molecule has 10 heavy (non-hydrogen) atoms. The molecule has 0 aromatic rings. The summed E-state index contributed by atoms with van der Waals surface area (Å²) < 4.78 is 4.85. The Morgan fingerprint density at radius 1 is 0.900 bits per heavy atom. The van der Waals surface area contributed by atoms with E-state index in [0.717, 1.165) is 0 Å². The molecule has 0 fully saturated rings. The van der Waals surface area contributed by atoms with E-state index < -0.39 is 0 Å². The van der Waals surface area contributed by atoms with Crippen LogP contribution in [0.2, 0.25) is 32.7 Å². The van der Waals surface area contributed by atoms with Gasteiger partial charge in [0.15, 0.2) is 0 Å². The zero-order valence-corrected chi connectivity index (χ0v) is 11.3. The van der Waals surface area contributed by atoms with E-state index in [1.807, 2.05) is 0 Å². The van der Waals surface area contributed by atoms with E-state index in [-0.39, 0.29) is 36.4 Å². The van der Waals surface area contributed by atoms with Crippen LogP contribution in [0.25, 0.3) is 0 Å². The third kappa shape index (κ3) is 64.4. The fourth-order valence-electron chi connectivity index (χ4n) is 0. The first-order valence-corrected chi connectivity index (χ1v) is 8.52. The van der Waals surface area contributed by atoms with E-state index in [0.29, 0.717) is 0 Å². The van der Waals surface area contributed by atoms with Gasteiger partial charge >= 0.3 is 0 Å². The summed E-state index contributed by atoms with van der Waals surface area (Å²) in [6.45, 7) is 11.0. The summed E-state index contributed by atoms with van der Waals surface area (Å²) in [6, 6.07) is 0. The summed E-state index contributed by atoms with van der Waals surface area (Å²) in [6.07, 6.45) is 0. The molecule has 0 aromatic carbocycles. The Bertz CT molecular complexity index is 48.3. The minimum Gasteiger partial charge on any atom is -0.420 e. The fourth-order valence-corrected chi connectivity index (χ4v) is 0. The summed E-state index contributed by atoms with van der Waals surface area (Å²) in [5.74, 6) is 0. The van der Waals surface area contributed by atoms with Crippen molar-refractivity contribution in [2.75, 3.05) is 7.11 Å². The Balaban J connectivity index is -0.0000000910. The molecule has 0 bridgehead atoms. The second-order valence-electron chi connectivity index (χ2n) is 2.61. The molecule has 0 atom stereocenters.